The molecule has 0 bridgehead atoms. The van der Waals surface area contributed by atoms with Crippen molar-refractivity contribution in [2.45, 2.75) is 46.6 Å². The highest BCUT2D eigenvalue weighted by Gasteiger charge is 2.11. The van der Waals surface area contributed by atoms with Gasteiger partial charge in [-0.25, -0.2) is 0 Å². The van der Waals surface area contributed by atoms with Gasteiger partial charge in [-0.1, -0.05) is 27.7 Å². The Hall–Kier alpha value is 0.0249. The van der Waals surface area contributed by atoms with Crippen molar-refractivity contribution >= 4 is 7.85 Å². The molecule has 0 aromatic carbocycles. The fourth-order valence-electron chi connectivity index (χ4n) is 1.42. The molecule has 70 valence electrons. The first-order valence-electron chi connectivity index (χ1n) is 4.88. The second-order valence-corrected chi connectivity index (χ2v) is 4.21. The molecule has 1 nitrogen and oxygen atoms in total. The Labute approximate surface area is 78.3 Å². The fraction of sp³-hybridized carbons (Fsp3) is 1.00. The van der Waals surface area contributed by atoms with E-state index in [4.69, 9.17) is 12.6 Å². The van der Waals surface area contributed by atoms with Gasteiger partial charge in [0.25, 0.3) is 0 Å². The van der Waals surface area contributed by atoms with Gasteiger partial charge in [-0.3, -0.25) is 0 Å². The maximum Gasteiger partial charge on any atom is 0.104 e. The quantitative estimate of drug-likeness (QED) is 0.554. The highest BCUT2D eigenvalue weighted by atomic mass is 16.5. The van der Waals surface area contributed by atoms with Crippen molar-refractivity contribution in [1.29, 1.82) is 0 Å². The van der Waals surface area contributed by atoms with Crippen LogP contribution in [0.1, 0.15) is 40.5 Å². The van der Waals surface area contributed by atoms with E-state index < -0.39 is 0 Å². The second kappa shape index (κ2) is 6.53. The zero-order chi connectivity index (χ0) is 9.56. The third kappa shape index (κ3) is 6.72. The summed E-state index contributed by atoms with van der Waals surface area (Å²) in [6.07, 6.45) is 2.60. The van der Waals surface area contributed by atoms with E-state index in [-0.39, 0.29) is 0 Å². The fourth-order valence-corrected chi connectivity index (χ4v) is 1.42. The first kappa shape index (κ1) is 12.0. The molecule has 2 radical (unpaired) electrons. The van der Waals surface area contributed by atoms with E-state index >= 15 is 0 Å². The van der Waals surface area contributed by atoms with E-state index in [9.17, 15) is 0 Å². The summed E-state index contributed by atoms with van der Waals surface area (Å²) in [7, 11) is 5.36. The van der Waals surface area contributed by atoms with Crippen LogP contribution in [0.25, 0.3) is 0 Å². The van der Waals surface area contributed by atoms with Crippen LogP contribution in [0.4, 0.5) is 0 Å². The average Bonchev–Trinajstić information content (AvgIpc) is 1.84. The number of hydrogen-bond donors (Lipinski definition) is 0. The normalized spacial score (nSPS) is 11.9. The average molecular weight is 168 g/mol. The van der Waals surface area contributed by atoms with Crippen molar-refractivity contribution in [1.82, 2.24) is 0 Å². The first-order valence-corrected chi connectivity index (χ1v) is 4.88. The maximum absolute atomic E-state index is 5.44. The van der Waals surface area contributed by atoms with Gasteiger partial charge in [0, 0.05) is 6.51 Å². The van der Waals surface area contributed by atoms with E-state index in [1.165, 1.54) is 0 Å². The number of rotatable bonds is 6. The third-order valence-corrected chi connectivity index (χ3v) is 1.80. The molecule has 0 fully saturated rings. The van der Waals surface area contributed by atoms with Crippen LogP contribution >= 0.6 is 0 Å². The molecule has 0 aliphatic carbocycles. The van der Waals surface area contributed by atoms with Gasteiger partial charge in [0.2, 0.25) is 0 Å². The van der Waals surface area contributed by atoms with Gasteiger partial charge in [-0.15, -0.1) is 0 Å². The van der Waals surface area contributed by atoms with Crippen molar-refractivity contribution in [3.63, 3.8) is 0 Å². The summed E-state index contributed by atoms with van der Waals surface area (Å²) in [5, 5.41) is 0. The SMILES string of the molecule is [B]COC(CC(C)C)CC(C)C. The zero-order valence-corrected chi connectivity index (χ0v) is 8.84. The Morgan fingerprint density at radius 2 is 1.42 bits per heavy atom. The van der Waals surface area contributed by atoms with Crippen LogP contribution < -0.4 is 0 Å². The molecule has 0 aliphatic heterocycles. The minimum atomic E-state index is 0.351. The van der Waals surface area contributed by atoms with Gasteiger partial charge in [-0.05, 0) is 24.7 Å². The standard InChI is InChI=1S/C10H21BO/c1-8(2)5-10(12-7-11)6-9(3)4/h8-10H,5-7H2,1-4H3. The van der Waals surface area contributed by atoms with Crippen molar-refractivity contribution < 1.29 is 4.74 Å². The van der Waals surface area contributed by atoms with Crippen LogP contribution in [0, 0.1) is 11.8 Å². The summed E-state index contributed by atoms with van der Waals surface area (Å²) < 4.78 is 5.44. The Morgan fingerprint density at radius 3 is 1.67 bits per heavy atom. The van der Waals surface area contributed by atoms with E-state index in [0.29, 0.717) is 24.4 Å². The van der Waals surface area contributed by atoms with Gasteiger partial charge < -0.3 is 4.74 Å². The monoisotopic (exact) mass is 168 g/mol. The molecular weight excluding hydrogens is 147 g/mol. The molecule has 0 spiro atoms. The summed E-state index contributed by atoms with van der Waals surface area (Å²) in [5.41, 5.74) is 0. The molecule has 0 aromatic heterocycles. The molecule has 0 saturated carbocycles. The number of hydrogen-bond acceptors (Lipinski definition) is 1. The van der Waals surface area contributed by atoms with Gasteiger partial charge in [-0.2, -0.15) is 0 Å². The predicted molar refractivity (Wildman–Crippen MR) is 54.4 cm³/mol. The lowest BCUT2D eigenvalue weighted by Crippen LogP contribution is -2.18. The topological polar surface area (TPSA) is 9.23 Å². The molecule has 0 aliphatic rings. The Balaban J connectivity index is 3.69. The van der Waals surface area contributed by atoms with Gasteiger partial charge in [0.05, 0.1) is 6.10 Å². The van der Waals surface area contributed by atoms with E-state index in [2.05, 4.69) is 27.7 Å². The summed E-state index contributed by atoms with van der Waals surface area (Å²) in [6, 6.07) is 0. The Kier molecular flexibility index (Phi) is 6.54. The molecule has 0 amide bonds. The molecule has 0 rings (SSSR count). The summed E-state index contributed by atoms with van der Waals surface area (Å²) >= 11 is 0. The van der Waals surface area contributed by atoms with Crippen LogP contribution in [0.2, 0.25) is 0 Å². The summed E-state index contributed by atoms with van der Waals surface area (Å²) in [6.45, 7) is 9.21. The minimum Gasteiger partial charge on any atom is -0.388 e. The van der Waals surface area contributed by atoms with Gasteiger partial charge >= 0.3 is 0 Å². The zero-order valence-electron chi connectivity index (χ0n) is 8.84. The highest BCUT2D eigenvalue weighted by Crippen LogP contribution is 2.15. The summed E-state index contributed by atoms with van der Waals surface area (Å²) in [5.74, 6) is 1.39. The van der Waals surface area contributed by atoms with Crippen molar-refractivity contribution in [2.75, 3.05) is 6.51 Å². The van der Waals surface area contributed by atoms with E-state index in [1.807, 2.05) is 0 Å². The smallest absolute Gasteiger partial charge is 0.104 e. The van der Waals surface area contributed by atoms with Crippen molar-refractivity contribution in [3.05, 3.63) is 0 Å². The van der Waals surface area contributed by atoms with Crippen molar-refractivity contribution in [3.8, 4) is 0 Å². The van der Waals surface area contributed by atoms with E-state index in [1.54, 1.807) is 0 Å². The Bertz CT molecular complexity index is 92.0. The highest BCUT2D eigenvalue weighted by molar-refractivity contribution is 6.08. The van der Waals surface area contributed by atoms with Gasteiger partial charge in [0.1, 0.15) is 7.85 Å². The van der Waals surface area contributed by atoms with Crippen LogP contribution in [0.15, 0.2) is 0 Å². The predicted octanol–water partition coefficient (Wildman–Crippen LogP) is 2.59. The molecule has 0 atom stereocenters. The lowest BCUT2D eigenvalue weighted by Gasteiger charge is -2.20. The molecule has 2 heteroatoms. The van der Waals surface area contributed by atoms with E-state index in [0.717, 1.165) is 12.8 Å². The lowest BCUT2D eigenvalue weighted by atomic mass is 9.97. The number of ether oxygens (including phenoxy) is 1. The van der Waals surface area contributed by atoms with Crippen molar-refractivity contribution in [2.24, 2.45) is 11.8 Å². The summed E-state index contributed by atoms with van der Waals surface area (Å²) in [4.78, 5) is 0. The largest absolute Gasteiger partial charge is 0.388 e. The Morgan fingerprint density at radius 1 is 1.00 bits per heavy atom. The molecule has 0 N–H and O–H groups in total. The molecule has 12 heavy (non-hydrogen) atoms. The van der Waals surface area contributed by atoms with Crippen LogP contribution in [0.3, 0.4) is 0 Å². The van der Waals surface area contributed by atoms with Crippen LogP contribution in [-0.4, -0.2) is 20.5 Å². The first-order chi connectivity index (χ1) is 5.56. The molecule has 0 saturated heterocycles. The lowest BCUT2D eigenvalue weighted by molar-refractivity contribution is 0.0542. The minimum absolute atomic E-state index is 0.351. The van der Waals surface area contributed by atoms with Crippen LogP contribution in [-0.2, 0) is 4.74 Å². The molecule has 0 aromatic rings. The second-order valence-electron chi connectivity index (χ2n) is 4.21. The molecule has 0 heterocycles. The molecule has 0 unspecified atom stereocenters. The maximum atomic E-state index is 5.44. The third-order valence-electron chi connectivity index (χ3n) is 1.80. The molecular formula is C10H21BO. The van der Waals surface area contributed by atoms with Crippen LogP contribution in [0.5, 0.6) is 0 Å². The van der Waals surface area contributed by atoms with Gasteiger partial charge in [0.15, 0.2) is 0 Å².